The number of halogens is 2. The predicted molar refractivity (Wildman–Crippen MR) is 137 cm³/mol. The minimum Gasteiger partial charge on any atom is -0.493 e. The van der Waals surface area contributed by atoms with Crippen molar-refractivity contribution >= 4 is 58.2 Å². The highest BCUT2D eigenvalue weighted by molar-refractivity contribution is 8.18. The summed E-state index contributed by atoms with van der Waals surface area (Å²) in [4.78, 5) is 39.3. The van der Waals surface area contributed by atoms with E-state index in [1.165, 1.54) is 13.2 Å². The van der Waals surface area contributed by atoms with E-state index >= 15 is 0 Å². The molecule has 1 fully saturated rings. The van der Waals surface area contributed by atoms with Gasteiger partial charge in [0.05, 0.1) is 29.1 Å². The van der Waals surface area contributed by atoms with Crippen LogP contribution in [-0.2, 0) is 11.3 Å². The van der Waals surface area contributed by atoms with Crippen LogP contribution in [0, 0.1) is 6.92 Å². The number of carbonyl (C=O) groups is 3. The third-order valence-corrected chi connectivity index (χ3v) is 6.60. The monoisotopic (exact) mass is 527 g/mol. The predicted octanol–water partition coefficient (Wildman–Crippen LogP) is 6.77. The summed E-state index contributed by atoms with van der Waals surface area (Å²) in [5.41, 5.74) is 2.67. The van der Waals surface area contributed by atoms with E-state index in [4.69, 9.17) is 32.7 Å². The van der Waals surface area contributed by atoms with Gasteiger partial charge in [-0.25, -0.2) is 4.79 Å². The molecule has 1 aliphatic rings. The van der Waals surface area contributed by atoms with Crippen molar-refractivity contribution in [2.24, 2.45) is 0 Å². The fourth-order valence-corrected chi connectivity index (χ4v) is 4.55. The second-order valence-electron chi connectivity index (χ2n) is 7.68. The second-order valence-corrected chi connectivity index (χ2v) is 9.52. The lowest BCUT2D eigenvalue weighted by Crippen LogP contribution is -2.27. The number of methoxy groups -OCH3 is 1. The van der Waals surface area contributed by atoms with Crippen molar-refractivity contribution < 1.29 is 23.9 Å². The van der Waals surface area contributed by atoms with E-state index in [9.17, 15) is 14.4 Å². The Labute approximate surface area is 216 Å². The molecule has 0 spiro atoms. The highest BCUT2D eigenvalue weighted by atomic mass is 35.5. The Morgan fingerprint density at radius 3 is 2.37 bits per heavy atom. The molecule has 0 N–H and O–H groups in total. The summed E-state index contributed by atoms with van der Waals surface area (Å²) >= 11 is 13.1. The molecule has 1 aliphatic heterocycles. The van der Waals surface area contributed by atoms with Crippen molar-refractivity contribution in [3.05, 3.63) is 97.9 Å². The molecule has 3 aromatic carbocycles. The van der Waals surface area contributed by atoms with E-state index in [2.05, 4.69) is 0 Å². The number of thioether (sulfide) groups is 1. The minimum atomic E-state index is -0.582. The Kier molecular flexibility index (Phi) is 7.50. The first-order valence-electron chi connectivity index (χ1n) is 10.4. The lowest BCUT2D eigenvalue weighted by atomic mass is 10.1. The average Bonchev–Trinajstić information content (AvgIpc) is 3.09. The van der Waals surface area contributed by atoms with Crippen LogP contribution in [0.2, 0.25) is 10.0 Å². The molecular weight excluding hydrogens is 509 g/mol. The molecule has 2 amide bonds. The molecule has 3 aromatic rings. The van der Waals surface area contributed by atoms with Gasteiger partial charge in [0.15, 0.2) is 11.5 Å². The first-order valence-corrected chi connectivity index (χ1v) is 12.0. The summed E-state index contributed by atoms with van der Waals surface area (Å²) in [6.07, 6.45) is 1.55. The Morgan fingerprint density at radius 2 is 1.71 bits per heavy atom. The Bertz CT molecular complexity index is 1340. The molecule has 1 saturated heterocycles. The molecule has 0 aliphatic carbocycles. The molecule has 6 nitrogen and oxygen atoms in total. The number of rotatable bonds is 6. The average molecular weight is 528 g/mol. The first-order chi connectivity index (χ1) is 16.7. The Balaban J connectivity index is 1.55. The van der Waals surface area contributed by atoms with Crippen molar-refractivity contribution in [3.8, 4) is 11.5 Å². The molecule has 9 heteroatoms. The number of hydrogen-bond donors (Lipinski definition) is 0. The van der Waals surface area contributed by atoms with Gasteiger partial charge >= 0.3 is 5.97 Å². The summed E-state index contributed by atoms with van der Waals surface area (Å²) in [5.74, 6) is -0.724. The van der Waals surface area contributed by atoms with Crippen LogP contribution in [0.4, 0.5) is 4.79 Å². The number of esters is 1. The number of aryl methyl sites for hydroxylation is 1. The van der Waals surface area contributed by atoms with Crippen molar-refractivity contribution in [1.82, 2.24) is 4.90 Å². The summed E-state index contributed by atoms with van der Waals surface area (Å²) in [6.45, 7) is 2.05. The van der Waals surface area contributed by atoms with Gasteiger partial charge in [0, 0.05) is 5.02 Å². The smallest absolute Gasteiger partial charge is 0.343 e. The van der Waals surface area contributed by atoms with E-state index in [-0.39, 0.29) is 33.2 Å². The van der Waals surface area contributed by atoms with Crippen LogP contribution in [0.25, 0.3) is 6.08 Å². The fraction of sp³-hybridized carbons (Fsp3) is 0.115. The van der Waals surface area contributed by atoms with Crippen LogP contribution in [0.5, 0.6) is 11.5 Å². The van der Waals surface area contributed by atoms with E-state index in [1.807, 2.05) is 6.92 Å². The molecule has 0 bridgehead atoms. The highest BCUT2D eigenvalue weighted by Gasteiger charge is 2.35. The van der Waals surface area contributed by atoms with Crippen LogP contribution in [0.15, 0.2) is 65.6 Å². The second kappa shape index (κ2) is 10.6. The number of hydrogen-bond acceptors (Lipinski definition) is 6. The van der Waals surface area contributed by atoms with Gasteiger partial charge < -0.3 is 9.47 Å². The number of imide groups is 1. The van der Waals surface area contributed by atoms with Crippen molar-refractivity contribution in [3.63, 3.8) is 0 Å². The lowest BCUT2D eigenvalue weighted by Gasteiger charge is -2.13. The maximum Gasteiger partial charge on any atom is 0.343 e. The zero-order valence-corrected chi connectivity index (χ0v) is 21.0. The van der Waals surface area contributed by atoms with Crippen LogP contribution < -0.4 is 9.47 Å². The first kappa shape index (κ1) is 24.9. The van der Waals surface area contributed by atoms with Crippen molar-refractivity contribution in [2.45, 2.75) is 13.5 Å². The number of nitrogens with zero attached hydrogens (tertiary/aromatic N) is 1. The molecule has 0 saturated carbocycles. The third-order valence-electron chi connectivity index (χ3n) is 5.16. The lowest BCUT2D eigenvalue weighted by molar-refractivity contribution is -0.123. The van der Waals surface area contributed by atoms with Crippen LogP contribution >= 0.6 is 35.0 Å². The van der Waals surface area contributed by atoms with E-state index in [0.29, 0.717) is 16.1 Å². The zero-order valence-electron chi connectivity index (χ0n) is 18.7. The molecule has 35 heavy (non-hydrogen) atoms. The molecule has 178 valence electrons. The quantitative estimate of drug-likeness (QED) is 0.200. The van der Waals surface area contributed by atoms with E-state index in [0.717, 1.165) is 27.8 Å². The molecule has 0 unspecified atom stereocenters. The summed E-state index contributed by atoms with van der Waals surface area (Å²) in [6, 6.07) is 17.0. The van der Waals surface area contributed by atoms with Gasteiger partial charge in [0.2, 0.25) is 0 Å². The van der Waals surface area contributed by atoms with Gasteiger partial charge in [0.1, 0.15) is 0 Å². The molecule has 0 atom stereocenters. The molecule has 1 heterocycles. The maximum atomic E-state index is 12.9. The van der Waals surface area contributed by atoms with E-state index in [1.54, 1.807) is 60.7 Å². The zero-order chi connectivity index (χ0) is 25.1. The minimum absolute atomic E-state index is 0.0627. The van der Waals surface area contributed by atoms with Crippen molar-refractivity contribution in [1.29, 1.82) is 0 Å². The molecular formula is C26H19Cl2NO5S. The summed E-state index contributed by atoms with van der Waals surface area (Å²) in [7, 11) is 1.42. The molecule has 0 aromatic heterocycles. The van der Waals surface area contributed by atoms with Gasteiger partial charge in [-0.15, -0.1) is 0 Å². The number of benzene rings is 3. The van der Waals surface area contributed by atoms with Crippen LogP contribution in [0.3, 0.4) is 0 Å². The Morgan fingerprint density at radius 1 is 1.03 bits per heavy atom. The van der Waals surface area contributed by atoms with E-state index < -0.39 is 11.9 Å². The number of carbonyl (C=O) groups excluding carboxylic acids is 3. The summed E-state index contributed by atoms with van der Waals surface area (Å²) in [5, 5.41) is 0.316. The van der Waals surface area contributed by atoms with Crippen molar-refractivity contribution in [2.75, 3.05) is 7.11 Å². The van der Waals surface area contributed by atoms with Gasteiger partial charge in [-0.05, 0) is 72.3 Å². The van der Waals surface area contributed by atoms with Gasteiger partial charge in [-0.3, -0.25) is 14.5 Å². The number of ether oxygens (including phenoxy) is 2. The Hall–Kier alpha value is -3.26. The standard InChI is InChI=1S/C26H19Cl2NO5S/c1-15-3-7-18(8-4-15)25(31)34-23-20(28)11-17(12-21(23)33-2)13-22-24(30)29(26(32)35-22)14-16-5-9-19(27)10-6-16/h3-13H,14H2,1-2H3/b22-13-. The third kappa shape index (κ3) is 5.70. The normalized spacial score (nSPS) is 14.5. The SMILES string of the molecule is COc1cc(/C=C2\SC(=O)N(Cc3ccc(Cl)cc3)C2=O)cc(Cl)c1OC(=O)c1ccc(C)cc1. The van der Waals surface area contributed by atoms with Crippen LogP contribution in [0.1, 0.15) is 27.0 Å². The van der Waals surface area contributed by atoms with Crippen LogP contribution in [-0.4, -0.2) is 29.1 Å². The van der Waals surface area contributed by atoms with Gasteiger partial charge in [-0.1, -0.05) is 53.0 Å². The van der Waals surface area contributed by atoms with Gasteiger partial charge in [-0.2, -0.15) is 0 Å². The fourth-order valence-electron chi connectivity index (χ4n) is 3.32. The maximum absolute atomic E-state index is 12.9. The highest BCUT2D eigenvalue weighted by Crippen LogP contribution is 2.39. The topological polar surface area (TPSA) is 72.9 Å². The largest absolute Gasteiger partial charge is 0.493 e. The molecule has 0 radical (unpaired) electrons. The number of amides is 2. The van der Waals surface area contributed by atoms with Gasteiger partial charge in [0.25, 0.3) is 11.1 Å². The molecule has 4 rings (SSSR count). The summed E-state index contributed by atoms with van der Waals surface area (Å²) < 4.78 is 10.9.